The van der Waals surface area contributed by atoms with Gasteiger partial charge in [0, 0.05) is 0 Å². The van der Waals surface area contributed by atoms with Gasteiger partial charge in [0.05, 0.1) is 22.4 Å². The summed E-state index contributed by atoms with van der Waals surface area (Å²) in [6, 6.07) is 3.23. The van der Waals surface area contributed by atoms with Crippen molar-refractivity contribution in [3.63, 3.8) is 0 Å². The Morgan fingerprint density at radius 2 is 1.87 bits per heavy atom. The predicted octanol–water partition coefficient (Wildman–Crippen LogP) is 3.59. The van der Waals surface area contributed by atoms with E-state index >= 15 is 0 Å². The van der Waals surface area contributed by atoms with E-state index < -0.39 is 0 Å². The van der Waals surface area contributed by atoms with E-state index in [1.54, 1.807) is 12.1 Å². The van der Waals surface area contributed by atoms with E-state index in [-0.39, 0.29) is 6.10 Å². The van der Waals surface area contributed by atoms with E-state index in [4.69, 9.17) is 33.1 Å². The summed E-state index contributed by atoms with van der Waals surface area (Å²) in [5, 5.41) is 12.1. The van der Waals surface area contributed by atoms with E-state index in [0.29, 0.717) is 21.4 Å². The lowest BCUT2D eigenvalue weighted by Gasteiger charge is -2.13. The summed E-state index contributed by atoms with van der Waals surface area (Å²) < 4.78 is 5.44. The normalized spacial score (nSPS) is 11.3. The summed E-state index contributed by atoms with van der Waals surface area (Å²) in [4.78, 5) is 0. The molecular weight excluding hydrogens is 237 g/mol. The minimum Gasteiger partial charge on any atom is -0.488 e. The van der Waals surface area contributed by atoms with Crippen LogP contribution in [0.2, 0.25) is 10.0 Å². The average molecular weight is 248 g/mol. The highest BCUT2D eigenvalue weighted by atomic mass is 35.5. The summed E-state index contributed by atoms with van der Waals surface area (Å²) in [6.45, 7) is 3.77. The number of nitrogens with zero attached hydrogens (tertiary/aromatic N) is 1. The van der Waals surface area contributed by atoms with Crippen molar-refractivity contribution in [2.24, 2.45) is 5.16 Å². The molecule has 0 heterocycles. The molecule has 3 nitrogen and oxygen atoms in total. The van der Waals surface area contributed by atoms with Gasteiger partial charge in [-0.1, -0.05) is 28.4 Å². The number of benzene rings is 1. The van der Waals surface area contributed by atoms with Crippen molar-refractivity contribution in [1.82, 2.24) is 0 Å². The Kier molecular flexibility index (Phi) is 4.24. The van der Waals surface area contributed by atoms with Crippen molar-refractivity contribution in [3.05, 3.63) is 27.7 Å². The third kappa shape index (κ3) is 3.29. The number of oxime groups is 1. The molecule has 0 amide bonds. The second kappa shape index (κ2) is 5.24. The van der Waals surface area contributed by atoms with Gasteiger partial charge in [-0.05, 0) is 31.5 Å². The average Bonchev–Trinajstić information content (AvgIpc) is 2.11. The van der Waals surface area contributed by atoms with Crippen LogP contribution in [0.3, 0.4) is 0 Å². The maximum absolute atomic E-state index is 8.37. The second-order valence-electron chi connectivity index (χ2n) is 3.22. The fourth-order valence-electron chi connectivity index (χ4n) is 1.07. The third-order valence-corrected chi connectivity index (χ3v) is 2.14. The van der Waals surface area contributed by atoms with Crippen LogP contribution < -0.4 is 4.74 Å². The molecule has 1 aromatic carbocycles. The topological polar surface area (TPSA) is 41.8 Å². The summed E-state index contributed by atoms with van der Waals surface area (Å²) in [6.07, 6.45) is 1.24. The fraction of sp³-hybridized carbons (Fsp3) is 0.300. The molecule has 0 aliphatic rings. The monoisotopic (exact) mass is 247 g/mol. The first-order chi connectivity index (χ1) is 7.04. The van der Waals surface area contributed by atoms with Gasteiger partial charge in [0.15, 0.2) is 5.75 Å². The van der Waals surface area contributed by atoms with Gasteiger partial charge in [0.1, 0.15) is 0 Å². The van der Waals surface area contributed by atoms with Gasteiger partial charge < -0.3 is 9.94 Å². The van der Waals surface area contributed by atoms with Crippen LogP contribution in [0, 0.1) is 0 Å². The van der Waals surface area contributed by atoms with Crippen molar-refractivity contribution in [2.45, 2.75) is 20.0 Å². The number of rotatable bonds is 3. The molecule has 0 bridgehead atoms. The first-order valence-corrected chi connectivity index (χ1v) is 5.13. The van der Waals surface area contributed by atoms with E-state index in [2.05, 4.69) is 5.16 Å². The van der Waals surface area contributed by atoms with Crippen LogP contribution in [-0.2, 0) is 0 Å². The Hall–Kier alpha value is -0.930. The smallest absolute Gasteiger partial charge is 0.156 e. The van der Waals surface area contributed by atoms with Gasteiger partial charge >= 0.3 is 0 Å². The first kappa shape index (κ1) is 12.1. The predicted molar refractivity (Wildman–Crippen MR) is 61.6 cm³/mol. The summed E-state index contributed by atoms with van der Waals surface area (Å²) in [5.41, 5.74) is 0.614. The largest absolute Gasteiger partial charge is 0.488 e. The molecule has 0 saturated carbocycles. The maximum Gasteiger partial charge on any atom is 0.156 e. The Labute approximate surface area is 98.3 Å². The van der Waals surface area contributed by atoms with Crippen molar-refractivity contribution in [3.8, 4) is 5.75 Å². The number of ether oxygens (including phenoxy) is 1. The van der Waals surface area contributed by atoms with Crippen LogP contribution in [0.1, 0.15) is 19.4 Å². The molecule has 1 N–H and O–H groups in total. The quantitative estimate of drug-likeness (QED) is 0.504. The molecule has 82 valence electrons. The SMILES string of the molecule is CC(C)Oc1c(Cl)cc(/C=N\O)cc1Cl. The van der Waals surface area contributed by atoms with Gasteiger partial charge in [0.2, 0.25) is 0 Å². The Balaban J connectivity index is 3.09. The van der Waals surface area contributed by atoms with Crippen LogP contribution in [0.15, 0.2) is 17.3 Å². The van der Waals surface area contributed by atoms with Crippen molar-refractivity contribution < 1.29 is 9.94 Å². The first-order valence-electron chi connectivity index (χ1n) is 4.37. The number of hydrogen-bond acceptors (Lipinski definition) is 3. The summed E-state index contributed by atoms with van der Waals surface area (Å²) >= 11 is 11.9. The molecule has 0 unspecified atom stereocenters. The lowest BCUT2D eigenvalue weighted by atomic mass is 10.2. The molecule has 15 heavy (non-hydrogen) atoms. The molecule has 0 saturated heterocycles. The Morgan fingerprint density at radius 3 is 2.27 bits per heavy atom. The maximum atomic E-state index is 8.37. The zero-order valence-electron chi connectivity index (χ0n) is 8.37. The zero-order chi connectivity index (χ0) is 11.4. The third-order valence-electron chi connectivity index (χ3n) is 1.58. The molecule has 5 heteroatoms. The standard InChI is InChI=1S/C10H11Cl2NO2/c1-6(2)15-10-8(11)3-7(5-13-14)4-9(10)12/h3-6,14H,1-2H3/b13-5-. The number of halogens is 2. The highest BCUT2D eigenvalue weighted by Gasteiger charge is 2.10. The highest BCUT2D eigenvalue weighted by molar-refractivity contribution is 6.37. The van der Waals surface area contributed by atoms with Gasteiger partial charge in [-0.25, -0.2) is 0 Å². The van der Waals surface area contributed by atoms with Crippen LogP contribution in [-0.4, -0.2) is 17.5 Å². The van der Waals surface area contributed by atoms with Gasteiger partial charge in [-0.15, -0.1) is 0 Å². The molecule has 1 rings (SSSR count). The molecule has 0 aliphatic carbocycles. The van der Waals surface area contributed by atoms with Crippen molar-refractivity contribution in [2.75, 3.05) is 0 Å². The Bertz CT molecular complexity index is 355. The fourth-order valence-corrected chi connectivity index (χ4v) is 1.66. The number of hydrogen-bond donors (Lipinski definition) is 1. The molecule has 0 spiro atoms. The van der Waals surface area contributed by atoms with Crippen LogP contribution in [0.25, 0.3) is 0 Å². The highest BCUT2D eigenvalue weighted by Crippen LogP contribution is 2.34. The van der Waals surface area contributed by atoms with Crippen LogP contribution >= 0.6 is 23.2 Å². The zero-order valence-corrected chi connectivity index (χ0v) is 9.88. The van der Waals surface area contributed by atoms with E-state index in [0.717, 1.165) is 0 Å². The second-order valence-corrected chi connectivity index (χ2v) is 4.04. The molecular formula is C10H11Cl2NO2. The lowest BCUT2D eigenvalue weighted by molar-refractivity contribution is 0.242. The molecule has 0 radical (unpaired) electrons. The van der Waals surface area contributed by atoms with E-state index in [9.17, 15) is 0 Å². The van der Waals surface area contributed by atoms with Gasteiger partial charge in [-0.2, -0.15) is 0 Å². The molecule has 0 atom stereocenters. The van der Waals surface area contributed by atoms with E-state index in [1.807, 2.05) is 13.8 Å². The summed E-state index contributed by atoms with van der Waals surface area (Å²) in [5.74, 6) is 0.448. The molecule has 0 aromatic heterocycles. The minimum absolute atomic E-state index is 0.00245. The Morgan fingerprint density at radius 1 is 1.33 bits per heavy atom. The van der Waals surface area contributed by atoms with Gasteiger partial charge in [-0.3, -0.25) is 0 Å². The summed E-state index contributed by atoms with van der Waals surface area (Å²) in [7, 11) is 0. The van der Waals surface area contributed by atoms with Crippen molar-refractivity contribution in [1.29, 1.82) is 0 Å². The molecule has 0 aliphatic heterocycles. The molecule has 0 fully saturated rings. The lowest BCUT2D eigenvalue weighted by Crippen LogP contribution is -2.06. The minimum atomic E-state index is -0.00245. The van der Waals surface area contributed by atoms with Gasteiger partial charge in [0.25, 0.3) is 0 Å². The van der Waals surface area contributed by atoms with Crippen LogP contribution in [0.4, 0.5) is 0 Å². The van der Waals surface area contributed by atoms with Crippen LogP contribution in [0.5, 0.6) is 5.75 Å². The van der Waals surface area contributed by atoms with E-state index in [1.165, 1.54) is 6.21 Å². The van der Waals surface area contributed by atoms with Crippen molar-refractivity contribution >= 4 is 29.4 Å². The molecule has 1 aromatic rings.